The zero-order valence-electron chi connectivity index (χ0n) is 13.6. The van der Waals surface area contributed by atoms with Crippen LogP contribution in [0.4, 0.5) is 10.5 Å². The fourth-order valence-electron chi connectivity index (χ4n) is 3.00. The first kappa shape index (κ1) is 19.3. The number of urea groups is 1. The van der Waals surface area contributed by atoms with E-state index in [-0.39, 0.29) is 29.6 Å². The molecule has 4 N–H and O–H groups in total. The molecule has 0 aromatic heterocycles. The van der Waals surface area contributed by atoms with Crippen LogP contribution in [-0.2, 0) is 9.84 Å². The van der Waals surface area contributed by atoms with Crippen LogP contribution in [-0.4, -0.2) is 42.1 Å². The van der Waals surface area contributed by atoms with Gasteiger partial charge in [0.05, 0.1) is 28.1 Å². The largest absolute Gasteiger partial charge is 0.504 e. The van der Waals surface area contributed by atoms with Crippen molar-refractivity contribution in [3.05, 3.63) is 28.3 Å². The van der Waals surface area contributed by atoms with Gasteiger partial charge >= 0.3 is 6.03 Å². The zero-order valence-corrected chi connectivity index (χ0v) is 15.9. The summed E-state index contributed by atoms with van der Waals surface area (Å²) in [4.78, 5) is 11.7. The smallest absolute Gasteiger partial charge is 0.319 e. The molecule has 0 heterocycles. The molecule has 0 spiro atoms. The first-order chi connectivity index (χ1) is 12.2. The molecule has 2 amide bonds. The standard InChI is InChI=1S/C16H18Cl2N2O5S/c17-10-2-1-3-12(10)19-16(23)20-13-5-4-11(18)15(14(13)22)26(24,25)9-6-8(21)7-9/h2,4-5,8-9,12,21-22H,1,3,6-7H2,(H2,19,20,23)/t8-,9+,12?. The molecule has 1 atom stereocenters. The monoisotopic (exact) mass is 420 g/mol. The highest BCUT2D eigenvalue weighted by molar-refractivity contribution is 7.92. The molecule has 142 valence electrons. The molecule has 1 aromatic rings. The summed E-state index contributed by atoms with van der Waals surface area (Å²) in [6.45, 7) is 0. The molecule has 2 aliphatic rings. The number of aliphatic hydroxyl groups excluding tert-OH is 1. The number of rotatable bonds is 4. The second-order valence-corrected chi connectivity index (χ2v) is 9.39. The van der Waals surface area contributed by atoms with E-state index in [1.807, 2.05) is 6.08 Å². The van der Waals surface area contributed by atoms with Gasteiger partial charge in [-0.1, -0.05) is 29.3 Å². The van der Waals surface area contributed by atoms with Crippen LogP contribution < -0.4 is 10.6 Å². The number of carbonyl (C=O) groups excluding carboxylic acids is 1. The number of allylic oxidation sites excluding steroid dienone is 1. The Bertz CT molecular complexity index is 866. The van der Waals surface area contributed by atoms with Crippen LogP contribution in [0.2, 0.25) is 5.02 Å². The van der Waals surface area contributed by atoms with E-state index in [1.165, 1.54) is 12.1 Å². The summed E-state index contributed by atoms with van der Waals surface area (Å²) in [5.74, 6) is -0.623. The Balaban J connectivity index is 1.81. The molecule has 0 radical (unpaired) electrons. The predicted molar refractivity (Wildman–Crippen MR) is 98.4 cm³/mol. The Morgan fingerprint density at radius 3 is 2.50 bits per heavy atom. The normalized spacial score (nSPS) is 25.3. The van der Waals surface area contributed by atoms with Crippen molar-refractivity contribution in [3.8, 4) is 5.75 Å². The first-order valence-corrected chi connectivity index (χ1v) is 10.4. The summed E-state index contributed by atoms with van der Waals surface area (Å²) in [5.41, 5.74) is -0.0801. The van der Waals surface area contributed by atoms with Crippen molar-refractivity contribution >= 4 is 44.8 Å². The number of phenols is 1. The van der Waals surface area contributed by atoms with E-state index in [9.17, 15) is 23.4 Å². The lowest BCUT2D eigenvalue weighted by atomic mass is 9.96. The van der Waals surface area contributed by atoms with Gasteiger partial charge in [0.1, 0.15) is 4.90 Å². The Morgan fingerprint density at radius 1 is 1.23 bits per heavy atom. The van der Waals surface area contributed by atoms with Crippen LogP contribution in [0.5, 0.6) is 5.75 Å². The number of benzene rings is 1. The lowest BCUT2D eigenvalue weighted by molar-refractivity contribution is 0.0976. The van der Waals surface area contributed by atoms with Gasteiger partial charge in [-0.3, -0.25) is 0 Å². The van der Waals surface area contributed by atoms with Crippen molar-refractivity contribution in [1.82, 2.24) is 5.32 Å². The maximum Gasteiger partial charge on any atom is 0.319 e. The Morgan fingerprint density at radius 2 is 1.92 bits per heavy atom. The van der Waals surface area contributed by atoms with Crippen molar-refractivity contribution < 1.29 is 23.4 Å². The lowest BCUT2D eigenvalue weighted by Crippen LogP contribution is -2.39. The molecule has 0 saturated heterocycles. The fourth-order valence-corrected chi connectivity index (χ4v) is 5.75. The van der Waals surface area contributed by atoms with E-state index in [0.29, 0.717) is 11.5 Å². The van der Waals surface area contributed by atoms with Crippen molar-refractivity contribution in [3.63, 3.8) is 0 Å². The van der Waals surface area contributed by atoms with Crippen molar-refractivity contribution in [2.45, 2.75) is 48.0 Å². The topological polar surface area (TPSA) is 116 Å². The fraction of sp³-hybridized carbons (Fsp3) is 0.438. The number of halogens is 2. The molecule has 1 unspecified atom stereocenters. The van der Waals surface area contributed by atoms with Crippen molar-refractivity contribution in [2.75, 3.05) is 5.32 Å². The Hall–Kier alpha value is -1.48. The summed E-state index contributed by atoms with van der Waals surface area (Å²) < 4.78 is 25.3. The van der Waals surface area contributed by atoms with Crippen LogP contribution in [0.25, 0.3) is 0 Å². The maximum absolute atomic E-state index is 12.7. The number of hydrogen-bond donors (Lipinski definition) is 4. The SMILES string of the molecule is O=C(Nc1ccc(Cl)c(S(=O)(=O)[C@H]2C[C@@H](O)C2)c1O)NC1CCC=C1Cl. The van der Waals surface area contributed by atoms with Gasteiger partial charge < -0.3 is 20.8 Å². The van der Waals surface area contributed by atoms with E-state index in [0.717, 1.165) is 6.42 Å². The number of aliphatic hydroxyl groups is 1. The van der Waals surface area contributed by atoms with Gasteiger partial charge in [0.25, 0.3) is 0 Å². The van der Waals surface area contributed by atoms with Crippen molar-refractivity contribution in [2.24, 2.45) is 0 Å². The minimum Gasteiger partial charge on any atom is -0.504 e. The third kappa shape index (κ3) is 3.64. The van der Waals surface area contributed by atoms with Gasteiger partial charge in [-0.05, 0) is 37.8 Å². The van der Waals surface area contributed by atoms with E-state index in [2.05, 4.69) is 10.6 Å². The van der Waals surface area contributed by atoms with E-state index in [1.54, 1.807) is 0 Å². The van der Waals surface area contributed by atoms with Gasteiger partial charge in [0.15, 0.2) is 15.6 Å². The molecule has 7 nitrogen and oxygen atoms in total. The molecular weight excluding hydrogens is 403 g/mol. The van der Waals surface area contributed by atoms with Crippen LogP contribution in [0, 0.1) is 0 Å². The summed E-state index contributed by atoms with van der Waals surface area (Å²) in [6, 6.07) is 1.67. The molecule has 0 aliphatic heterocycles. The number of aromatic hydroxyl groups is 1. The van der Waals surface area contributed by atoms with Gasteiger partial charge in [0.2, 0.25) is 0 Å². The highest BCUT2D eigenvalue weighted by Gasteiger charge is 2.41. The molecule has 10 heteroatoms. The average molecular weight is 421 g/mol. The number of anilines is 1. The van der Waals surface area contributed by atoms with Gasteiger partial charge in [0, 0.05) is 5.03 Å². The minimum absolute atomic E-state index is 0.0801. The molecule has 1 aromatic carbocycles. The minimum atomic E-state index is -3.93. The summed E-state index contributed by atoms with van der Waals surface area (Å²) in [6.07, 6.45) is 2.73. The molecule has 2 aliphatic carbocycles. The number of nitrogens with one attached hydrogen (secondary N) is 2. The zero-order chi connectivity index (χ0) is 19.1. The third-order valence-corrected chi connectivity index (χ3v) is 7.65. The Labute approximate surface area is 160 Å². The number of amides is 2. The molecule has 1 fully saturated rings. The lowest BCUT2D eigenvalue weighted by Gasteiger charge is -2.31. The highest BCUT2D eigenvalue weighted by atomic mass is 35.5. The van der Waals surface area contributed by atoms with E-state index in [4.69, 9.17) is 23.2 Å². The van der Waals surface area contributed by atoms with Crippen LogP contribution in [0.15, 0.2) is 28.1 Å². The molecule has 3 rings (SSSR count). The first-order valence-electron chi connectivity index (χ1n) is 8.06. The van der Waals surface area contributed by atoms with Gasteiger partial charge in [-0.2, -0.15) is 0 Å². The van der Waals surface area contributed by atoms with Gasteiger partial charge in [-0.25, -0.2) is 13.2 Å². The summed E-state index contributed by atoms with van der Waals surface area (Å²) in [5, 5.41) is 24.4. The third-order valence-electron chi connectivity index (χ3n) is 4.56. The second kappa shape index (κ2) is 7.26. The number of phenolic OH excluding ortho intramolecular Hbond substituents is 1. The molecule has 26 heavy (non-hydrogen) atoms. The summed E-state index contributed by atoms with van der Waals surface area (Å²) >= 11 is 12.0. The maximum atomic E-state index is 12.7. The highest BCUT2D eigenvalue weighted by Crippen LogP contribution is 2.42. The Kier molecular flexibility index (Phi) is 5.39. The second-order valence-electron chi connectivity index (χ2n) is 6.38. The molecule has 0 bridgehead atoms. The van der Waals surface area contributed by atoms with Crippen LogP contribution >= 0.6 is 23.2 Å². The van der Waals surface area contributed by atoms with Crippen molar-refractivity contribution in [1.29, 1.82) is 0 Å². The molecular formula is C16H18Cl2N2O5S. The van der Waals surface area contributed by atoms with Gasteiger partial charge in [-0.15, -0.1) is 0 Å². The average Bonchev–Trinajstić information content (AvgIpc) is 2.92. The predicted octanol–water partition coefficient (Wildman–Crippen LogP) is 2.75. The van der Waals surface area contributed by atoms with Crippen LogP contribution in [0.3, 0.4) is 0 Å². The van der Waals surface area contributed by atoms with E-state index >= 15 is 0 Å². The quantitative estimate of drug-likeness (QED) is 0.558. The number of sulfone groups is 1. The molecule has 1 saturated carbocycles. The van der Waals surface area contributed by atoms with E-state index < -0.39 is 37.9 Å². The number of hydrogen-bond acceptors (Lipinski definition) is 5. The number of carbonyl (C=O) groups is 1. The summed E-state index contributed by atoms with van der Waals surface area (Å²) in [7, 11) is -3.93. The van der Waals surface area contributed by atoms with Crippen LogP contribution in [0.1, 0.15) is 25.7 Å².